The Labute approximate surface area is 116 Å². The molecule has 102 valence electrons. The van der Waals surface area contributed by atoms with Crippen LogP contribution in [0.3, 0.4) is 0 Å². The topological polar surface area (TPSA) is 68.1 Å². The summed E-state index contributed by atoms with van der Waals surface area (Å²) in [6, 6.07) is 15.8. The highest BCUT2D eigenvalue weighted by Crippen LogP contribution is 2.19. The normalized spacial score (nSPS) is 11.7. The molecular formula is C13H12N4O2S. The SMILES string of the molecule is CN(c1ccccc1)S(=O)(=O)n1nnc2ccccc21. The number of hydrogen-bond donors (Lipinski definition) is 0. The van der Waals surface area contributed by atoms with Crippen molar-refractivity contribution in [3.8, 4) is 0 Å². The zero-order valence-electron chi connectivity index (χ0n) is 10.7. The van der Waals surface area contributed by atoms with E-state index < -0.39 is 10.2 Å². The molecule has 0 saturated heterocycles. The molecule has 7 heteroatoms. The summed E-state index contributed by atoms with van der Waals surface area (Å²) in [4.78, 5) is 0. The lowest BCUT2D eigenvalue weighted by Crippen LogP contribution is -2.32. The maximum Gasteiger partial charge on any atom is 0.347 e. The van der Waals surface area contributed by atoms with E-state index in [2.05, 4.69) is 10.3 Å². The molecule has 0 aliphatic heterocycles. The number of hydrogen-bond acceptors (Lipinski definition) is 4. The largest absolute Gasteiger partial charge is 0.347 e. The van der Waals surface area contributed by atoms with E-state index in [-0.39, 0.29) is 0 Å². The number of rotatable bonds is 3. The zero-order chi connectivity index (χ0) is 14.2. The summed E-state index contributed by atoms with van der Waals surface area (Å²) in [6.07, 6.45) is 0. The first-order valence-electron chi connectivity index (χ1n) is 5.95. The number of nitrogens with zero attached hydrogens (tertiary/aromatic N) is 4. The van der Waals surface area contributed by atoms with E-state index in [1.165, 1.54) is 11.4 Å². The number of para-hydroxylation sites is 2. The van der Waals surface area contributed by atoms with Crippen LogP contribution in [0.4, 0.5) is 5.69 Å². The standard InChI is InChI=1S/C13H12N4O2S/c1-16(11-7-3-2-4-8-11)20(18,19)17-13-10-6-5-9-12(13)14-15-17/h2-10H,1H3. The van der Waals surface area contributed by atoms with Crippen LogP contribution in [0.2, 0.25) is 0 Å². The number of benzene rings is 2. The van der Waals surface area contributed by atoms with Gasteiger partial charge in [-0.25, -0.2) is 0 Å². The highest BCUT2D eigenvalue weighted by atomic mass is 32.2. The summed E-state index contributed by atoms with van der Waals surface area (Å²) >= 11 is 0. The van der Waals surface area contributed by atoms with Crippen LogP contribution < -0.4 is 4.31 Å². The van der Waals surface area contributed by atoms with Crippen LogP contribution in [0.25, 0.3) is 11.0 Å². The molecule has 0 amide bonds. The molecule has 0 radical (unpaired) electrons. The van der Waals surface area contributed by atoms with Crippen molar-refractivity contribution in [1.29, 1.82) is 0 Å². The van der Waals surface area contributed by atoms with Crippen molar-refractivity contribution < 1.29 is 8.42 Å². The molecule has 0 N–H and O–H groups in total. The first-order valence-corrected chi connectivity index (χ1v) is 7.35. The Morgan fingerprint density at radius 2 is 1.65 bits per heavy atom. The molecule has 1 heterocycles. The fraction of sp³-hybridized carbons (Fsp3) is 0.0769. The van der Waals surface area contributed by atoms with E-state index in [1.807, 2.05) is 6.07 Å². The van der Waals surface area contributed by atoms with Gasteiger partial charge in [-0.1, -0.05) is 30.3 Å². The Morgan fingerprint density at radius 3 is 2.40 bits per heavy atom. The van der Waals surface area contributed by atoms with Crippen LogP contribution in [0.1, 0.15) is 0 Å². The van der Waals surface area contributed by atoms with Gasteiger partial charge in [-0.3, -0.25) is 4.31 Å². The lowest BCUT2D eigenvalue weighted by Gasteiger charge is -2.18. The first-order chi connectivity index (χ1) is 9.60. The molecule has 0 aliphatic carbocycles. The third-order valence-electron chi connectivity index (χ3n) is 3.01. The van der Waals surface area contributed by atoms with Gasteiger partial charge in [0.1, 0.15) is 11.0 Å². The maximum absolute atomic E-state index is 12.6. The average Bonchev–Trinajstić information content (AvgIpc) is 2.92. The van der Waals surface area contributed by atoms with E-state index in [0.717, 1.165) is 4.09 Å². The second kappa shape index (κ2) is 4.61. The fourth-order valence-corrected chi connectivity index (χ4v) is 3.06. The van der Waals surface area contributed by atoms with Gasteiger partial charge in [-0.15, -0.1) is 9.19 Å². The quantitative estimate of drug-likeness (QED) is 0.735. The molecule has 3 rings (SSSR count). The Bertz CT molecular complexity index is 843. The molecule has 0 fully saturated rings. The molecule has 2 aromatic carbocycles. The average molecular weight is 288 g/mol. The molecule has 0 unspecified atom stereocenters. The minimum Gasteiger partial charge on any atom is -0.255 e. The van der Waals surface area contributed by atoms with Crippen molar-refractivity contribution in [2.45, 2.75) is 0 Å². The van der Waals surface area contributed by atoms with Crippen molar-refractivity contribution in [2.24, 2.45) is 0 Å². The molecule has 0 spiro atoms. The third-order valence-corrected chi connectivity index (χ3v) is 4.62. The Balaban J connectivity index is 2.13. The predicted molar refractivity (Wildman–Crippen MR) is 76.7 cm³/mol. The van der Waals surface area contributed by atoms with Crippen LogP contribution in [-0.2, 0) is 10.2 Å². The maximum atomic E-state index is 12.6. The summed E-state index contributed by atoms with van der Waals surface area (Å²) in [5, 5.41) is 7.62. The Morgan fingerprint density at radius 1 is 1.00 bits per heavy atom. The van der Waals surface area contributed by atoms with Crippen LogP contribution in [0, 0.1) is 0 Å². The third kappa shape index (κ3) is 1.92. The first kappa shape index (κ1) is 12.6. The smallest absolute Gasteiger partial charge is 0.255 e. The second-order valence-electron chi connectivity index (χ2n) is 4.23. The zero-order valence-corrected chi connectivity index (χ0v) is 11.5. The number of fused-ring (bicyclic) bond motifs is 1. The van der Waals surface area contributed by atoms with Gasteiger partial charge in [-0.2, -0.15) is 8.42 Å². The Kier molecular flexibility index (Phi) is 2.90. The Hall–Kier alpha value is -2.41. The monoisotopic (exact) mass is 288 g/mol. The van der Waals surface area contributed by atoms with Gasteiger partial charge in [-0.05, 0) is 29.5 Å². The summed E-state index contributed by atoms with van der Waals surface area (Å²) in [6.45, 7) is 0. The van der Waals surface area contributed by atoms with Crippen LogP contribution in [-0.4, -0.2) is 29.9 Å². The van der Waals surface area contributed by atoms with Gasteiger partial charge >= 0.3 is 10.2 Å². The highest BCUT2D eigenvalue weighted by molar-refractivity contribution is 7.91. The van der Waals surface area contributed by atoms with Gasteiger partial charge in [0, 0.05) is 7.05 Å². The predicted octanol–water partition coefficient (Wildman–Crippen LogP) is 1.66. The summed E-state index contributed by atoms with van der Waals surface area (Å²) in [5.74, 6) is 0. The van der Waals surface area contributed by atoms with Crippen molar-refractivity contribution in [3.63, 3.8) is 0 Å². The summed E-state index contributed by atoms with van der Waals surface area (Å²) < 4.78 is 27.3. The fourth-order valence-electron chi connectivity index (χ4n) is 1.91. The van der Waals surface area contributed by atoms with E-state index in [4.69, 9.17) is 0 Å². The van der Waals surface area contributed by atoms with Crippen molar-refractivity contribution in [2.75, 3.05) is 11.4 Å². The summed E-state index contributed by atoms with van der Waals surface area (Å²) in [5.41, 5.74) is 1.56. The number of aromatic nitrogens is 3. The van der Waals surface area contributed by atoms with E-state index in [0.29, 0.717) is 16.7 Å². The second-order valence-corrected chi connectivity index (χ2v) is 6.02. The van der Waals surface area contributed by atoms with Gasteiger partial charge in [0.05, 0.1) is 5.69 Å². The lowest BCUT2D eigenvalue weighted by atomic mass is 10.3. The van der Waals surface area contributed by atoms with E-state index >= 15 is 0 Å². The van der Waals surface area contributed by atoms with Crippen LogP contribution in [0.5, 0.6) is 0 Å². The van der Waals surface area contributed by atoms with Crippen molar-refractivity contribution in [1.82, 2.24) is 14.4 Å². The minimum atomic E-state index is -3.80. The number of anilines is 1. The minimum absolute atomic E-state index is 0.454. The molecule has 0 aliphatic rings. The van der Waals surface area contributed by atoms with Crippen molar-refractivity contribution >= 4 is 26.9 Å². The molecule has 3 aromatic rings. The molecular weight excluding hydrogens is 276 g/mol. The van der Waals surface area contributed by atoms with E-state index in [9.17, 15) is 8.42 Å². The molecule has 6 nitrogen and oxygen atoms in total. The van der Waals surface area contributed by atoms with Gasteiger partial charge in [0.15, 0.2) is 0 Å². The summed E-state index contributed by atoms with van der Waals surface area (Å²) in [7, 11) is -2.31. The van der Waals surface area contributed by atoms with Gasteiger partial charge in [0.2, 0.25) is 0 Å². The van der Waals surface area contributed by atoms with Crippen LogP contribution >= 0.6 is 0 Å². The molecule has 0 atom stereocenters. The van der Waals surface area contributed by atoms with E-state index in [1.54, 1.807) is 48.5 Å². The van der Waals surface area contributed by atoms with Gasteiger partial charge < -0.3 is 0 Å². The molecule has 1 aromatic heterocycles. The molecule has 0 bridgehead atoms. The lowest BCUT2D eigenvalue weighted by molar-refractivity contribution is 0.577. The van der Waals surface area contributed by atoms with Gasteiger partial charge in [0.25, 0.3) is 0 Å². The van der Waals surface area contributed by atoms with Crippen molar-refractivity contribution in [3.05, 3.63) is 54.6 Å². The molecule has 0 saturated carbocycles. The highest BCUT2D eigenvalue weighted by Gasteiger charge is 2.24. The van der Waals surface area contributed by atoms with Crippen LogP contribution in [0.15, 0.2) is 54.6 Å². The molecule has 20 heavy (non-hydrogen) atoms.